The lowest BCUT2D eigenvalue weighted by atomic mass is 10.1. The lowest BCUT2D eigenvalue weighted by molar-refractivity contribution is 0.252. The molecule has 4 rings (SSSR count). The van der Waals surface area contributed by atoms with Crippen LogP contribution in [-0.4, -0.2) is 29.1 Å². The molecule has 0 atom stereocenters. The number of aryl methyl sites for hydroxylation is 1. The summed E-state index contributed by atoms with van der Waals surface area (Å²) in [5.74, 6) is 1.36. The van der Waals surface area contributed by atoms with E-state index in [0.29, 0.717) is 40.5 Å². The highest BCUT2D eigenvalue weighted by molar-refractivity contribution is 6.36. The summed E-state index contributed by atoms with van der Waals surface area (Å²) in [6, 6.07) is 20.5. The van der Waals surface area contributed by atoms with Gasteiger partial charge < -0.3 is 16.0 Å². The molecule has 0 aliphatic carbocycles. The van der Waals surface area contributed by atoms with Crippen LogP contribution in [0.1, 0.15) is 5.56 Å². The number of hydrogen-bond acceptors (Lipinski definition) is 4. The Bertz CT molecular complexity index is 1260. The number of carbonyl (C=O) groups excluding carboxylic acids is 1. The third-order valence-electron chi connectivity index (χ3n) is 4.80. The minimum Gasteiger partial charge on any atom is -0.368 e. The molecule has 3 N–H and O–H groups in total. The van der Waals surface area contributed by atoms with Crippen molar-refractivity contribution in [2.75, 3.05) is 23.7 Å². The van der Waals surface area contributed by atoms with Gasteiger partial charge in [-0.25, -0.2) is 14.8 Å². The summed E-state index contributed by atoms with van der Waals surface area (Å²) in [5.41, 5.74) is 3.47. The Hall–Kier alpha value is -3.35. The second-order valence-corrected chi connectivity index (χ2v) is 8.05. The third-order valence-corrected chi connectivity index (χ3v) is 5.34. The van der Waals surface area contributed by atoms with Crippen molar-refractivity contribution < 1.29 is 4.79 Å². The van der Waals surface area contributed by atoms with E-state index in [1.54, 1.807) is 18.2 Å². The maximum absolute atomic E-state index is 12.2. The Balaban J connectivity index is 1.42. The van der Waals surface area contributed by atoms with Gasteiger partial charge in [-0.1, -0.05) is 65.2 Å². The fraction of sp³-hybridized carbons (Fsp3) is 0.125. The van der Waals surface area contributed by atoms with Crippen molar-refractivity contribution in [2.45, 2.75) is 6.92 Å². The fourth-order valence-corrected chi connectivity index (χ4v) is 3.61. The summed E-state index contributed by atoms with van der Waals surface area (Å²) in [5, 5.41) is 10.6. The van der Waals surface area contributed by atoms with Crippen LogP contribution in [0, 0.1) is 6.92 Å². The third kappa shape index (κ3) is 5.28. The van der Waals surface area contributed by atoms with Gasteiger partial charge in [0.05, 0.1) is 16.2 Å². The molecule has 0 radical (unpaired) electrons. The van der Waals surface area contributed by atoms with Crippen LogP contribution in [0.4, 0.5) is 16.3 Å². The van der Waals surface area contributed by atoms with Crippen LogP contribution in [0.3, 0.4) is 0 Å². The van der Waals surface area contributed by atoms with Gasteiger partial charge in [-0.15, -0.1) is 0 Å². The van der Waals surface area contributed by atoms with Crippen molar-refractivity contribution in [3.05, 3.63) is 82.3 Å². The molecular formula is C24H21Cl2N5O. The minimum absolute atomic E-state index is 0.357. The number of carbonyl (C=O) groups is 1. The van der Waals surface area contributed by atoms with E-state index in [2.05, 4.69) is 16.0 Å². The number of hydrogen-bond donors (Lipinski definition) is 3. The van der Waals surface area contributed by atoms with E-state index < -0.39 is 0 Å². The van der Waals surface area contributed by atoms with Crippen molar-refractivity contribution >= 4 is 51.6 Å². The van der Waals surface area contributed by atoms with Crippen LogP contribution in [0.2, 0.25) is 10.0 Å². The van der Waals surface area contributed by atoms with E-state index in [1.807, 2.05) is 55.5 Å². The van der Waals surface area contributed by atoms with Crippen LogP contribution < -0.4 is 16.0 Å². The Labute approximate surface area is 196 Å². The van der Waals surface area contributed by atoms with E-state index in [4.69, 9.17) is 33.2 Å². The number of para-hydroxylation sites is 1. The molecule has 3 aromatic carbocycles. The molecule has 0 fully saturated rings. The quantitative estimate of drug-likeness (QED) is 0.298. The van der Waals surface area contributed by atoms with Gasteiger partial charge in [0.2, 0.25) is 0 Å². The number of benzene rings is 3. The molecule has 0 aliphatic rings. The number of amides is 2. The molecule has 0 saturated carbocycles. The molecule has 0 spiro atoms. The normalized spacial score (nSPS) is 10.7. The zero-order valence-corrected chi connectivity index (χ0v) is 18.8. The first-order chi connectivity index (χ1) is 15.5. The number of anilines is 2. The predicted molar refractivity (Wildman–Crippen MR) is 132 cm³/mol. The number of fused-ring (bicyclic) bond motifs is 1. The van der Waals surface area contributed by atoms with Crippen LogP contribution in [-0.2, 0) is 0 Å². The van der Waals surface area contributed by atoms with E-state index in [0.717, 1.165) is 16.5 Å². The fourth-order valence-electron chi connectivity index (χ4n) is 3.16. The highest BCUT2D eigenvalue weighted by atomic mass is 35.5. The van der Waals surface area contributed by atoms with Crippen LogP contribution in [0.25, 0.3) is 22.3 Å². The SMILES string of the molecule is Cc1ccc(-c2nc(NCCNC(=O)Nc3ccc(Cl)cc3Cl)c3ccccc3n2)cc1. The lowest BCUT2D eigenvalue weighted by Crippen LogP contribution is -2.32. The molecule has 32 heavy (non-hydrogen) atoms. The van der Waals surface area contributed by atoms with Crippen LogP contribution >= 0.6 is 23.2 Å². The first-order valence-corrected chi connectivity index (χ1v) is 10.8. The van der Waals surface area contributed by atoms with Gasteiger partial charge in [0.25, 0.3) is 0 Å². The average Bonchev–Trinajstić information content (AvgIpc) is 2.79. The highest BCUT2D eigenvalue weighted by Crippen LogP contribution is 2.26. The molecule has 6 nitrogen and oxygen atoms in total. The van der Waals surface area contributed by atoms with Crippen molar-refractivity contribution in [2.24, 2.45) is 0 Å². The van der Waals surface area contributed by atoms with Crippen LogP contribution in [0.5, 0.6) is 0 Å². The summed E-state index contributed by atoms with van der Waals surface area (Å²) in [4.78, 5) is 21.6. The largest absolute Gasteiger partial charge is 0.368 e. The van der Waals surface area contributed by atoms with Gasteiger partial charge in [0, 0.05) is 29.1 Å². The topological polar surface area (TPSA) is 78.9 Å². The average molecular weight is 466 g/mol. The first kappa shape index (κ1) is 21.9. The zero-order valence-electron chi connectivity index (χ0n) is 17.3. The lowest BCUT2D eigenvalue weighted by Gasteiger charge is -2.12. The predicted octanol–water partition coefficient (Wildman–Crippen LogP) is 6.15. The monoisotopic (exact) mass is 465 g/mol. The Morgan fingerprint density at radius 3 is 2.50 bits per heavy atom. The number of rotatable bonds is 6. The highest BCUT2D eigenvalue weighted by Gasteiger charge is 2.10. The molecule has 2 amide bonds. The molecule has 1 heterocycles. The molecule has 8 heteroatoms. The number of nitrogens with zero attached hydrogens (tertiary/aromatic N) is 2. The maximum atomic E-state index is 12.2. The Morgan fingerprint density at radius 1 is 0.938 bits per heavy atom. The van der Waals surface area contributed by atoms with E-state index in [1.165, 1.54) is 5.56 Å². The molecular weight excluding hydrogens is 445 g/mol. The maximum Gasteiger partial charge on any atom is 0.319 e. The molecule has 0 unspecified atom stereocenters. The van der Waals surface area contributed by atoms with E-state index in [9.17, 15) is 4.79 Å². The number of urea groups is 1. The van der Waals surface area contributed by atoms with Crippen LogP contribution in [0.15, 0.2) is 66.7 Å². The summed E-state index contributed by atoms with van der Waals surface area (Å²) in [7, 11) is 0. The minimum atomic E-state index is -0.357. The van der Waals surface area contributed by atoms with Crippen molar-refractivity contribution in [1.82, 2.24) is 15.3 Å². The molecule has 4 aromatic rings. The summed E-state index contributed by atoms with van der Waals surface area (Å²) in [6.07, 6.45) is 0. The molecule has 162 valence electrons. The van der Waals surface area contributed by atoms with Gasteiger partial charge >= 0.3 is 6.03 Å². The second-order valence-electron chi connectivity index (χ2n) is 7.21. The van der Waals surface area contributed by atoms with Gasteiger partial charge in [-0.3, -0.25) is 0 Å². The van der Waals surface area contributed by atoms with E-state index >= 15 is 0 Å². The van der Waals surface area contributed by atoms with Crippen molar-refractivity contribution in [1.29, 1.82) is 0 Å². The molecule has 1 aromatic heterocycles. The smallest absolute Gasteiger partial charge is 0.319 e. The number of nitrogens with one attached hydrogen (secondary N) is 3. The molecule has 0 bridgehead atoms. The standard InChI is InChI=1S/C24H21Cl2N5O/c1-15-6-8-16(9-7-15)22-29-20-5-3-2-4-18(20)23(31-22)27-12-13-28-24(32)30-21-11-10-17(25)14-19(21)26/h2-11,14H,12-13H2,1H3,(H,27,29,31)(H2,28,30,32). The van der Waals surface area contributed by atoms with E-state index in [-0.39, 0.29) is 6.03 Å². The zero-order chi connectivity index (χ0) is 22.5. The summed E-state index contributed by atoms with van der Waals surface area (Å²) < 4.78 is 0. The summed E-state index contributed by atoms with van der Waals surface area (Å²) >= 11 is 12.0. The molecule has 0 saturated heterocycles. The Kier molecular flexibility index (Phi) is 6.73. The van der Waals surface area contributed by atoms with Crippen molar-refractivity contribution in [3.63, 3.8) is 0 Å². The summed E-state index contributed by atoms with van der Waals surface area (Å²) in [6.45, 7) is 2.91. The van der Waals surface area contributed by atoms with Crippen molar-refractivity contribution in [3.8, 4) is 11.4 Å². The second kappa shape index (κ2) is 9.85. The molecule has 0 aliphatic heterocycles. The van der Waals surface area contributed by atoms with Gasteiger partial charge in [-0.05, 0) is 37.3 Å². The number of halogens is 2. The van der Waals surface area contributed by atoms with Gasteiger partial charge in [-0.2, -0.15) is 0 Å². The van der Waals surface area contributed by atoms with Gasteiger partial charge in [0.15, 0.2) is 5.82 Å². The first-order valence-electron chi connectivity index (χ1n) is 10.1. The number of aromatic nitrogens is 2. The van der Waals surface area contributed by atoms with Gasteiger partial charge in [0.1, 0.15) is 5.82 Å². The Morgan fingerprint density at radius 2 is 1.72 bits per heavy atom.